The Kier molecular flexibility index (Phi) is 3.02. The Labute approximate surface area is 111 Å². The van der Waals surface area contributed by atoms with Crippen LogP contribution in [0, 0.1) is 0 Å². The van der Waals surface area contributed by atoms with E-state index in [0.717, 1.165) is 0 Å². The van der Waals surface area contributed by atoms with Crippen LogP contribution in [0.1, 0.15) is 16.9 Å². The standard InChI is InChI=1S/C13H17N3O3/c1-15-10-7-16(13(18)9-3-2-5-14-9)8-11(10)19-6-4-12(15)17/h2-3,5,10-11,14H,4,6-8H2,1H3/t10-,11-/m0/s1. The fourth-order valence-corrected chi connectivity index (χ4v) is 2.75. The van der Waals surface area contributed by atoms with Gasteiger partial charge >= 0.3 is 0 Å². The summed E-state index contributed by atoms with van der Waals surface area (Å²) < 4.78 is 5.70. The number of likely N-dealkylation sites (N-methyl/N-ethyl adjacent to an activating group) is 1. The van der Waals surface area contributed by atoms with Gasteiger partial charge in [-0.3, -0.25) is 9.59 Å². The van der Waals surface area contributed by atoms with Gasteiger partial charge in [0.25, 0.3) is 5.91 Å². The predicted molar refractivity (Wildman–Crippen MR) is 67.6 cm³/mol. The van der Waals surface area contributed by atoms with Gasteiger partial charge in [0.2, 0.25) is 5.91 Å². The van der Waals surface area contributed by atoms with Crippen LogP contribution < -0.4 is 0 Å². The van der Waals surface area contributed by atoms with E-state index in [1.807, 2.05) is 0 Å². The number of nitrogens with zero attached hydrogens (tertiary/aromatic N) is 2. The van der Waals surface area contributed by atoms with Gasteiger partial charge in [0.15, 0.2) is 0 Å². The molecule has 6 nitrogen and oxygen atoms in total. The van der Waals surface area contributed by atoms with Crippen LogP contribution in [0.4, 0.5) is 0 Å². The number of carbonyl (C=O) groups is 2. The molecule has 0 radical (unpaired) electrons. The highest BCUT2D eigenvalue weighted by Gasteiger charge is 2.41. The number of carbonyl (C=O) groups excluding carboxylic acids is 2. The van der Waals surface area contributed by atoms with Gasteiger partial charge in [0.1, 0.15) is 5.69 Å². The maximum atomic E-state index is 12.3. The van der Waals surface area contributed by atoms with E-state index in [4.69, 9.17) is 4.74 Å². The number of nitrogens with one attached hydrogen (secondary N) is 1. The van der Waals surface area contributed by atoms with Gasteiger partial charge in [-0.1, -0.05) is 0 Å². The zero-order valence-electron chi connectivity index (χ0n) is 10.8. The van der Waals surface area contributed by atoms with Crippen LogP contribution in [0.5, 0.6) is 0 Å². The van der Waals surface area contributed by atoms with Gasteiger partial charge in [-0.2, -0.15) is 0 Å². The molecule has 19 heavy (non-hydrogen) atoms. The zero-order valence-corrected chi connectivity index (χ0v) is 10.8. The first-order chi connectivity index (χ1) is 9.16. The maximum Gasteiger partial charge on any atom is 0.270 e. The second-order valence-corrected chi connectivity index (χ2v) is 5.03. The van der Waals surface area contributed by atoms with E-state index in [1.54, 1.807) is 35.2 Å². The van der Waals surface area contributed by atoms with Crippen LogP contribution in [0.3, 0.4) is 0 Å². The molecule has 2 aliphatic rings. The molecular formula is C13H17N3O3. The summed E-state index contributed by atoms with van der Waals surface area (Å²) in [6, 6.07) is 3.52. The van der Waals surface area contributed by atoms with Crippen molar-refractivity contribution in [3.8, 4) is 0 Å². The third-order valence-corrected chi connectivity index (χ3v) is 3.89. The molecule has 0 unspecified atom stereocenters. The normalized spacial score (nSPS) is 27.3. The Hall–Kier alpha value is -1.82. The molecule has 2 amide bonds. The molecule has 3 rings (SSSR count). The Balaban J connectivity index is 1.76. The minimum absolute atomic E-state index is 0.0334. The number of H-pyrrole nitrogens is 1. The first kappa shape index (κ1) is 12.2. The van der Waals surface area contributed by atoms with Crippen molar-refractivity contribution < 1.29 is 14.3 Å². The lowest BCUT2D eigenvalue weighted by Gasteiger charge is -2.24. The highest BCUT2D eigenvalue weighted by Crippen LogP contribution is 2.23. The third-order valence-electron chi connectivity index (χ3n) is 3.89. The highest BCUT2D eigenvalue weighted by atomic mass is 16.5. The molecule has 0 spiro atoms. The average molecular weight is 263 g/mol. The number of aromatic nitrogens is 1. The van der Waals surface area contributed by atoms with E-state index in [-0.39, 0.29) is 24.0 Å². The summed E-state index contributed by atoms with van der Waals surface area (Å²) in [7, 11) is 1.79. The number of hydrogen-bond donors (Lipinski definition) is 1. The maximum absolute atomic E-state index is 12.3. The molecule has 102 valence electrons. The van der Waals surface area contributed by atoms with Gasteiger partial charge in [0.05, 0.1) is 25.2 Å². The molecule has 1 aromatic rings. The van der Waals surface area contributed by atoms with E-state index in [9.17, 15) is 9.59 Å². The number of rotatable bonds is 1. The number of aromatic amines is 1. The van der Waals surface area contributed by atoms with Gasteiger partial charge < -0.3 is 19.5 Å². The van der Waals surface area contributed by atoms with Crippen LogP contribution >= 0.6 is 0 Å². The SMILES string of the molecule is CN1C(=O)CCO[C@H]2CN(C(=O)c3ccc[nH]3)C[C@@H]21. The highest BCUT2D eigenvalue weighted by molar-refractivity contribution is 5.92. The fraction of sp³-hybridized carbons (Fsp3) is 0.538. The van der Waals surface area contributed by atoms with Crippen molar-refractivity contribution in [3.05, 3.63) is 24.0 Å². The monoisotopic (exact) mass is 263 g/mol. The van der Waals surface area contributed by atoms with Crippen molar-refractivity contribution in [2.24, 2.45) is 0 Å². The molecule has 2 atom stereocenters. The molecule has 2 aliphatic heterocycles. The summed E-state index contributed by atoms with van der Waals surface area (Å²) >= 11 is 0. The van der Waals surface area contributed by atoms with E-state index < -0.39 is 0 Å². The summed E-state index contributed by atoms with van der Waals surface area (Å²) in [6.45, 7) is 1.51. The minimum Gasteiger partial charge on any atom is -0.374 e. The lowest BCUT2D eigenvalue weighted by Crippen LogP contribution is -2.43. The number of hydrogen-bond acceptors (Lipinski definition) is 3. The molecule has 1 aromatic heterocycles. The molecule has 0 bridgehead atoms. The summed E-state index contributed by atoms with van der Waals surface area (Å²) in [6.07, 6.45) is 2.08. The van der Waals surface area contributed by atoms with E-state index in [1.165, 1.54) is 0 Å². The molecule has 0 saturated carbocycles. The Morgan fingerprint density at radius 2 is 2.32 bits per heavy atom. The molecular weight excluding hydrogens is 246 g/mol. The van der Waals surface area contributed by atoms with Gasteiger partial charge in [0, 0.05) is 26.3 Å². The summed E-state index contributed by atoms with van der Waals surface area (Å²) in [4.78, 5) is 30.4. The molecule has 3 heterocycles. The largest absolute Gasteiger partial charge is 0.374 e. The van der Waals surface area contributed by atoms with Gasteiger partial charge in [-0.25, -0.2) is 0 Å². The van der Waals surface area contributed by atoms with E-state index in [2.05, 4.69) is 4.98 Å². The zero-order chi connectivity index (χ0) is 13.4. The summed E-state index contributed by atoms with van der Waals surface area (Å²) in [5.41, 5.74) is 0.574. The van der Waals surface area contributed by atoms with Gasteiger partial charge in [-0.05, 0) is 12.1 Å². The van der Waals surface area contributed by atoms with Crippen LogP contribution in [0.25, 0.3) is 0 Å². The topological polar surface area (TPSA) is 65.6 Å². The van der Waals surface area contributed by atoms with Gasteiger partial charge in [-0.15, -0.1) is 0 Å². The first-order valence-corrected chi connectivity index (χ1v) is 6.47. The Morgan fingerprint density at radius 3 is 3.05 bits per heavy atom. The number of likely N-dealkylation sites (tertiary alicyclic amines) is 1. The lowest BCUT2D eigenvalue weighted by molar-refractivity contribution is -0.131. The Bertz CT molecular complexity index is 485. The molecule has 0 aromatic carbocycles. The molecule has 0 aliphatic carbocycles. The smallest absolute Gasteiger partial charge is 0.270 e. The Morgan fingerprint density at radius 1 is 1.47 bits per heavy atom. The average Bonchev–Trinajstić information content (AvgIpc) is 3.04. The number of ether oxygens (including phenoxy) is 1. The van der Waals surface area contributed by atoms with E-state index in [0.29, 0.717) is 31.8 Å². The molecule has 1 N–H and O–H groups in total. The van der Waals surface area contributed by atoms with Crippen molar-refractivity contribution in [2.75, 3.05) is 26.7 Å². The second kappa shape index (κ2) is 4.70. The molecule has 6 heteroatoms. The van der Waals surface area contributed by atoms with Crippen LogP contribution in [-0.4, -0.2) is 65.5 Å². The molecule has 2 fully saturated rings. The van der Waals surface area contributed by atoms with E-state index >= 15 is 0 Å². The number of fused-ring (bicyclic) bond motifs is 1. The van der Waals surface area contributed by atoms with Crippen molar-refractivity contribution in [3.63, 3.8) is 0 Å². The van der Waals surface area contributed by atoms with Crippen molar-refractivity contribution >= 4 is 11.8 Å². The van der Waals surface area contributed by atoms with Crippen LogP contribution in [-0.2, 0) is 9.53 Å². The summed E-state index contributed by atoms with van der Waals surface area (Å²) in [5.74, 6) is 0.0456. The van der Waals surface area contributed by atoms with Crippen LogP contribution in [0.2, 0.25) is 0 Å². The minimum atomic E-state index is -0.0737. The third kappa shape index (κ3) is 2.12. The lowest BCUT2D eigenvalue weighted by atomic mass is 10.2. The van der Waals surface area contributed by atoms with Crippen molar-refractivity contribution in [1.82, 2.24) is 14.8 Å². The van der Waals surface area contributed by atoms with Crippen LogP contribution in [0.15, 0.2) is 18.3 Å². The fourth-order valence-electron chi connectivity index (χ4n) is 2.75. The van der Waals surface area contributed by atoms with Crippen molar-refractivity contribution in [1.29, 1.82) is 0 Å². The summed E-state index contributed by atoms with van der Waals surface area (Å²) in [5, 5.41) is 0. The molecule has 2 saturated heterocycles. The predicted octanol–water partition coefficient (Wildman–Crippen LogP) is 0.0864. The van der Waals surface area contributed by atoms with Crippen molar-refractivity contribution in [2.45, 2.75) is 18.6 Å². The quantitative estimate of drug-likeness (QED) is 0.780. The second-order valence-electron chi connectivity index (χ2n) is 5.03. The first-order valence-electron chi connectivity index (χ1n) is 6.47. The number of amides is 2.